The molecule has 0 unspecified atom stereocenters. The Morgan fingerprint density at radius 2 is 1.69 bits per heavy atom. The molecule has 0 bridgehead atoms. The highest BCUT2D eigenvalue weighted by Gasteiger charge is 2.36. The van der Waals surface area contributed by atoms with Gasteiger partial charge in [0.1, 0.15) is 11.5 Å². The van der Waals surface area contributed by atoms with Crippen LogP contribution in [0.4, 0.5) is 0 Å². The predicted molar refractivity (Wildman–Crippen MR) is 101 cm³/mol. The van der Waals surface area contributed by atoms with Crippen molar-refractivity contribution in [3.05, 3.63) is 48.0 Å². The molecule has 5 heteroatoms. The number of carbonyl (C=O) groups is 1. The van der Waals surface area contributed by atoms with Gasteiger partial charge in [-0.2, -0.15) is 0 Å². The molecule has 0 N–H and O–H groups in total. The van der Waals surface area contributed by atoms with Crippen molar-refractivity contribution in [1.29, 1.82) is 0 Å². The molecule has 1 saturated heterocycles. The summed E-state index contributed by atoms with van der Waals surface area (Å²) in [4.78, 5) is 14.9. The van der Waals surface area contributed by atoms with E-state index in [1.165, 1.54) is 0 Å². The van der Waals surface area contributed by atoms with Crippen LogP contribution in [0.5, 0.6) is 11.5 Å². The lowest BCUT2D eigenvalue weighted by atomic mass is 9.88. The lowest BCUT2D eigenvalue weighted by Crippen LogP contribution is -2.49. The van der Waals surface area contributed by atoms with Gasteiger partial charge in [0.2, 0.25) is 0 Å². The van der Waals surface area contributed by atoms with Crippen LogP contribution in [-0.2, 0) is 4.74 Å². The van der Waals surface area contributed by atoms with Gasteiger partial charge in [-0.1, -0.05) is 19.1 Å². The fourth-order valence-electron chi connectivity index (χ4n) is 3.24. The Bertz CT molecular complexity index is 781. The molecule has 138 valence electrons. The largest absolute Gasteiger partial charge is 0.497 e. The standard InChI is InChI=1S/C21H25NO4/c1-21(13-26-14-21)12-22(2)20(23)19-11-17(25-4)9-10-18(19)15-5-7-16(24-3)8-6-15/h5-11H,12-14H2,1-4H3. The van der Waals surface area contributed by atoms with Gasteiger partial charge in [0.25, 0.3) is 5.91 Å². The maximum atomic E-state index is 13.2. The minimum absolute atomic E-state index is 0.0251. The zero-order valence-electron chi connectivity index (χ0n) is 15.7. The number of rotatable bonds is 6. The molecule has 1 aliphatic rings. The summed E-state index contributed by atoms with van der Waals surface area (Å²) in [6.45, 7) is 4.17. The average Bonchev–Trinajstić information content (AvgIpc) is 2.65. The van der Waals surface area contributed by atoms with Crippen LogP contribution in [-0.4, -0.2) is 51.8 Å². The maximum absolute atomic E-state index is 13.2. The number of benzene rings is 2. The third-order valence-corrected chi connectivity index (χ3v) is 4.72. The second-order valence-corrected chi connectivity index (χ2v) is 7.10. The minimum Gasteiger partial charge on any atom is -0.497 e. The van der Waals surface area contributed by atoms with Gasteiger partial charge < -0.3 is 19.1 Å². The highest BCUT2D eigenvalue weighted by Crippen LogP contribution is 2.32. The number of amides is 1. The van der Waals surface area contributed by atoms with Crippen LogP contribution in [0.25, 0.3) is 11.1 Å². The quantitative estimate of drug-likeness (QED) is 0.796. The summed E-state index contributed by atoms with van der Waals surface area (Å²) >= 11 is 0. The van der Waals surface area contributed by atoms with Gasteiger partial charge in [0.05, 0.1) is 33.0 Å². The molecule has 0 aliphatic carbocycles. The molecule has 0 aromatic heterocycles. The average molecular weight is 355 g/mol. The molecule has 1 fully saturated rings. The highest BCUT2D eigenvalue weighted by molar-refractivity contribution is 6.01. The van der Waals surface area contributed by atoms with Crippen molar-refractivity contribution in [1.82, 2.24) is 4.90 Å². The number of carbonyl (C=O) groups excluding carboxylic acids is 1. The Kier molecular flexibility index (Phi) is 5.18. The van der Waals surface area contributed by atoms with E-state index < -0.39 is 0 Å². The summed E-state index contributed by atoms with van der Waals surface area (Å²) < 4.78 is 15.9. The summed E-state index contributed by atoms with van der Waals surface area (Å²) in [5.41, 5.74) is 2.49. The van der Waals surface area contributed by atoms with E-state index >= 15 is 0 Å². The van der Waals surface area contributed by atoms with Gasteiger partial charge in [-0.15, -0.1) is 0 Å². The fourth-order valence-corrected chi connectivity index (χ4v) is 3.24. The van der Waals surface area contributed by atoms with E-state index in [9.17, 15) is 4.79 Å². The molecule has 3 rings (SSSR count). The summed E-state index contributed by atoms with van der Waals surface area (Å²) in [5, 5.41) is 0. The van der Waals surface area contributed by atoms with Crippen LogP contribution in [0.15, 0.2) is 42.5 Å². The number of methoxy groups -OCH3 is 2. The Morgan fingerprint density at radius 3 is 2.23 bits per heavy atom. The summed E-state index contributed by atoms with van der Waals surface area (Å²) in [6.07, 6.45) is 0. The number of hydrogen-bond donors (Lipinski definition) is 0. The molecule has 0 saturated carbocycles. The van der Waals surface area contributed by atoms with Gasteiger partial charge in [-0.25, -0.2) is 0 Å². The Labute approximate surface area is 154 Å². The van der Waals surface area contributed by atoms with Crippen molar-refractivity contribution in [3.63, 3.8) is 0 Å². The van der Waals surface area contributed by atoms with Gasteiger partial charge in [-0.05, 0) is 41.5 Å². The highest BCUT2D eigenvalue weighted by atomic mass is 16.5. The van der Waals surface area contributed by atoms with Crippen molar-refractivity contribution >= 4 is 5.91 Å². The first-order chi connectivity index (χ1) is 12.5. The maximum Gasteiger partial charge on any atom is 0.254 e. The van der Waals surface area contributed by atoms with Gasteiger partial charge in [-0.3, -0.25) is 4.79 Å². The molecule has 0 spiro atoms. The summed E-state index contributed by atoms with van der Waals surface area (Å²) in [7, 11) is 5.08. The van der Waals surface area contributed by atoms with Crippen molar-refractivity contribution in [2.24, 2.45) is 5.41 Å². The second kappa shape index (κ2) is 7.38. The smallest absolute Gasteiger partial charge is 0.254 e. The fraction of sp³-hybridized carbons (Fsp3) is 0.381. The molecular formula is C21H25NO4. The second-order valence-electron chi connectivity index (χ2n) is 7.10. The molecule has 0 atom stereocenters. The molecular weight excluding hydrogens is 330 g/mol. The van der Waals surface area contributed by atoms with E-state index in [2.05, 4.69) is 6.92 Å². The zero-order valence-corrected chi connectivity index (χ0v) is 15.7. The van der Waals surface area contributed by atoms with Gasteiger partial charge >= 0.3 is 0 Å². The number of ether oxygens (including phenoxy) is 3. The molecule has 2 aromatic carbocycles. The van der Waals surface area contributed by atoms with Crippen LogP contribution in [0, 0.1) is 5.41 Å². The van der Waals surface area contributed by atoms with Crippen LogP contribution in [0.2, 0.25) is 0 Å². The van der Waals surface area contributed by atoms with Gasteiger partial charge in [0.15, 0.2) is 0 Å². The lowest BCUT2D eigenvalue weighted by molar-refractivity contribution is -0.109. The van der Waals surface area contributed by atoms with Crippen LogP contribution in [0.3, 0.4) is 0 Å². The third-order valence-electron chi connectivity index (χ3n) is 4.72. The minimum atomic E-state index is -0.0251. The van der Waals surface area contributed by atoms with Crippen molar-refractivity contribution < 1.29 is 19.0 Å². The third kappa shape index (κ3) is 3.68. The van der Waals surface area contributed by atoms with E-state index in [4.69, 9.17) is 14.2 Å². The first-order valence-corrected chi connectivity index (χ1v) is 8.61. The molecule has 26 heavy (non-hydrogen) atoms. The molecule has 5 nitrogen and oxygen atoms in total. The molecule has 1 heterocycles. The van der Waals surface area contributed by atoms with E-state index in [1.54, 1.807) is 25.2 Å². The van der Waals surface area contributed by atoms with E-state index in [0.29, 0.717) is 31.1 Å². The molecule has 1 aliphatic heterocycles. The molecule has 1 amide bonds. The number of hydrogen-bond acceptors (Lipinski definition) is 4. The van der Waals surface area contributed by atoms with Crippen molar-refractivity contribution in [2.75, 3.05) is 41.0 Å². The predicted octanol–water partition coefficient (Wildman–Crippen LogP) is 3.48. The molecule has 2 aromatic rings. The summed E-state index contributed by atoms with van der Waals surface area (Å²) in [5.74, 6) is 1.42. The SMILES string of the molecule is COc1ccc(-c2ccc(OC)cc2C(=O)N(C)CC2(C)COC2)cc1. The van der Waals surface area contributed by atoms with Crippen LogP contribution >= 0.6 is 0 Å². The summed E-state index contributed by atoms with van der Waals surface area (Å²) in [6, 6.07) is 13.3. The van der Waals surface area contributed by atoms with Crippen LogP contribution < -0.4 is 9.47 Å². The number of nitrogens with zero attached hydrogens (tertiary/aromatic N) is 1. The van der Waals surface area contributed by atoms with E-state index in [1.807, 2.05) is 43.4 Å². The monoisotopic (exact) mass is 355 g/mol. The first-order valence-electron chi connectivity index (χ1n) is 8.61. The molecule has 0 radical (unpaired) electrons. The zero-order chi connectivity index (χ0) is 18.7. The lowest BCUT2D eigenvalue weighted by Gasteiger charge is -2.40. The van der Waals surface area contributed by atoms with Crippen LogP contribution in [0.1, 0.15) is 17.3 Å². The topological polar surface area (TPSA) is 48.0 Å². The van der Waals surface area contributed by atoms with E-state index in [0.717, 1.165) is 16.9 Å². The Balaban J connectivity index is 1.93. The Morgan fingerprint density at radius 1 is 1.08 bits per heavy atom. The van der Waals surface area contributed by atoms with E-state index in [-0.39, 0.29) is 11.3 Å². The first kappa shape index (κ1) is 18.3. The van der Waals surface area contributed by atoms with Crippen molar-refractivity contribution in [2.45, 2.75) is 6.92 Å². The normalized spacial score (nSPS) is 15.1. The Hall–Kier alpha value is -2.53. The van der Waals surface area contributed by atoms with Gasteiger partial charge in [0, 0.05) is 19.0 Å². The van der Waals surface area contributed by atoms with Crippen molar-refractivity contribution in [3.8, 4) is 22.6 Å².